The monoisotopic (exact) mass is 304 g/mol. The van der Waals surface area contributed by atoms with E-state index in [1.54, 1.807) is 6.20 Å². The lowest BCUT2D eigenvalue weighted by atomic mass is 10.1. The van der Waals surface area contributed by atoms with Crippen LogP contribution in [0.5, 0.6) is 0 Å². The summed E-state index contributed by atoms with van der Waals surface area (Å²) in [4.78, 5) is 11.7. The van der Waals surface area contributed by atoms with Gasteiger partial charge in [0.25, 0.3) is 5.91 Å². The van der Waals surface area contributed by atoms with Gasteiger partial charge in [0, 0.05) is 22.8 Å². The number of rotatable bonds is 3. The number of nitrogens with two attached hydrogens (primary N) is 1. The number of hydrogen-bond donors (Lipinski definition) is 2. The molecule has 2 heterocycles. The van der Waals surface area contributed by atoms with Crippen LogP contribution in [-0.2, 0) is 0 Å². The van der Waals surface area contributed by atoms with E-state index in [2.05, 4.69) is 20.6 Å². The van der Waals surface area contributed by atoms with Gasteiger partial charge in [0.15, 0.2) is 0 Å². The Hall–Kier alpha value is -3.48. The lowest BCUT2D eigenvalue weighted by Crippen LogP contribution is -2.10. The van der Waals surface area contributed by atoms with Crippen molar-refractivity contribution in [3.8, 4) is 17.1 Å². The molecule has 0 saturated carbocycles. The smallest absolute Gasteiger partial charge is 0.250 e. The fraction of sp³-hybridized carbons (Fsp3) is 0. The molecule has 3 N–H and O–H groups in total. The van der Waals surface area contributed by atoms with Crippen molar-refractivity contribution in [2.45, 2.75) is 0 Å². The third-order valence-corrected chi connectivity index (χ3v) is 3.73. The SMILES string of the molecule is NC(=O)c1cn(-c2ccc(-c3nn[nH]n3)cc2)c2ccccc12. The number of carbonyl (C=O) groups excluding carboxylic acids is 1. The van der Waals surface area contributed by atoms with Crippen molar-refractivity contribution < 1.29 is 4.79 Å². The predicted octanol–water partition coefficient (Wildman–Crippen LogP) is 1.91. The molecule has 0 aliphatic rings. The number of nitrogens with zero attached hydrogens (tertiary/aromatic N) is 4. The number of aromatic nitrogens is 5. The molecule has 0 bridgehead atoms. The van der Waals surface area contributed by atoms with Gasteiger partial charge in [0.05, 0.1) is 11.1 Å². The van der Waals surface area contributed by atoms with Crippen molar-refractivity contribution in [3.63, 3.8) is 0 Å². The van der Waals surface area contributed by atoms with Gasteiger partial charge < -0.3 is 10.3 Å². The van der Waals surface area contributed by atoms with Crippen LogP contribution in [0.2, 0.25) is 0 Å². The van der Waals surface area contributed by atoms with Crippen LogP contribution >= 0.6 is 0 Å². The Morgan fingerprint density at radius 3 is 2.57 bits per heavy atom. The Bertz CT molecular complexity index is 985. The van der Waals surface area contributed by atoms with Crippen molar-refractivity contribution in [1.82, 2.24) is 25.2 Å². The highest BCUT2D eigenvalue weighted by atomic mass is 16.1. The summed E-state index contributed by atoms with van der Waals surface area (Å²) in [5.41, 5.74) is 8.68. The average molecular weight is 304 g/mol. The van der Waals surface area contributed by atoms with E-state index in [0.717, 1.165) is 22.2 Å². The van der Waals surface area contributed by atoms with Gasteiger partial charge in [-0.3, -0.25) is 4.79 Å². The number of amides is 1. The van der Waals surface area contributed by atoms with Crippen LogP contribution in [0.4, 0.5) is 0 Å². The molecule has 112 valence electrons. The van der Waals surface area contributed by atoms with E-state index in [1.165, 1.54) is 0 Å². The summed E-state index contributed by atoms with van der Waals surface area (Å²) in [5.74, 6) is 0.0927. The highest BCUT2D eigenvalue weighted by molar-refractivity contribution is 6.06. The molecule has 7 heteroatoms. The molecule has 0 fully saturated rings. The van der Waals surface area contributed by atoms with E-state index < -0.39 is 5.91 Å². The number of hydrogen-bond acceptors (Lipinski definition) is 4. The summed E-state index contributed by atoms with van der Waals surface area (Å²) in [6, 6.07) is 15.3. The van der Waals surface area contributed by atoms with Crippen LogP contribution in [0.1, 0.15) is 10.4 Å². The van der Waals surface area contributed by atoms with Crippen LogP contribution in [0, 0.1) is 0 Å². The van der Waals surface area contributed by atoms with Gasteiger partial charge in [-0.2, -0.15) is 5.21 Å². The quantitative estimate of drug-likeness (QED) is 0.603. The molecule has 0 spiro atoms. The summed E-state index contributed by atoms with van der Waals surface area (Å²) in [6.07, 6.45) is 1.76. The molecule has 0 unspecified atom stereocenters. The fourth-order valence-corrected chi connectivity index (χ4v) is 2.64. The molecular formula is C16H12N6O. The summed E-state index contributed by atoms with van der Waals surface area (Å²) < 4.78 is 1.94. The van der Waals surface area contributed by atoms with Crippen LogP contribution in [-0.4, -0.2) is 31.1 Å². The summed E-state index contributed by atoms with van der Waals surface area (Å²) in [7, 11) is 0. The molecule has 0 aliphatic carbocycles. The molecule has 4 rings (SSSR count). The molecular weight excluding hydrogens is 292 g/mol. The van der Waals surface area contributed by atoms with Crippen molar-refractivity contribution in [1.29, 1.82) is 0 Å². The Morgan fingerprint density at radius 1 is 1.09 bits per heavy atom. The van der Waals surface area contributed by atoms with E-state index in [0.29, 0.717) is 11.4 Å². The molecule has 0 atom stereocenters. The highest BCUT2D eigenvalue weighted by Crippen LogP contribution is 2.25. The van der Waals surface area contributed by atoms with Crippen molar-refractivity contribution in [2.24, 2.45) is 5.73 Å². The maximum atomic E-state index is 11.7. The number of nitrogens with one attached hydrogen (secondary N) is 1. The van der Waals surface area contributed by atoms with Crippen LogP contribution in [0.15, 0.2) is 54.7 Å². The third-order valence-electron chi connectivity index (χ3n) is 3.73. The van der Waals surface area contributed by atoms with E-state index >= 15 is 0 Å². The van der Waals surface area contributed by atoms with Gasteiger partial charge in [-0.15, -0.1) is 10.2 Å². The number of fused-ring (bicyclic) bond motifs is 1. The predicted molar refractivity (Wildman–Crippen MR) is 85.0 cm³/mol. The third kappa shape index (κ3) is 2.15. The maximum absolute atomic E-state index is 11.7. The average Bonchev–Trinajstić information content (AvgIpc) is 3.23. The summed E-state index contributed by atoms with van der Waals surface area (Å²) in [6.45, 7) is 0. The molecule has 2 aromatic heterocycles. The first-order valence-electron chi connectivity index (χ1n) is 6.98. The first-order valence-corrected chi connectivity index (χ1v) is 6.98. The number of primary amides is 1. The second kappa shape index (κ2) is 5.06. The summed E-state index contributed by atoms with van der Waals surface area (Å²) >= 11 is 0. The minimum absolute atomic E-state index is 0.441. The molecule has 0 saturated heterocycles. The van der Waals surface area contributed by atoms with Gasteiger partial charge in [0.1, 0.15) is 0 Å². The number of carbonyl (C=O) groups is 1. The lowest BCUT2D eigenvalue weighted by Gasteiger charge is -2.05. The molecule has 2 aromatic carbocycles. The minimum atomic E-state index is -0.441. The number of para-hydroxylation sites is 1. The second-order valence-corrected chi connectivity index (χ2v) is 5.08. The standard InChI is InChI=1S/C16H12N6O/c17-15(23)13-9-22(14-4-2-1-3-12(13)14)11-7-5-10(6-8-11)16-18-20-21-19-16/h1-9H,(H2,17,23)(H,18,19,20,21). The van der Waals surface area contributed by atoms with Gasteiger partial charge in [-0.1, -0.05) is 18.2 Å². The Balaban J connectivity index is 1.85. The topological polar surface area (TPSA) is 102 Å². The highest BCUT2D eigenvalue weighted by Gasteiger charge is 2.13. The van der Waals surface area contributed by atoms with E-state index in [9.17, 15) is 4.79 Å². The Labute approximate surface area is 130 Å². The molecule has 0 aliphatic heterocycles. The minimum Gasteiger partial charge on any atom is -0.366 e. The zero-order valence-electron chi connectivity index (χ0n) is 12.0. The van der Waals surface area contributed by atoms with Gasteiger partial charge in [-0.25, -0.2) is 0 Å². The van der Waals surface area contributed by atoms with Gasteiger partial charge >= 0.3 is 0 Å². The van der Waals surface area contributed by atoms with Crippen LogP contribution in [0.3, 0.4) is 0 Å². The number of aromatic amines is 1. The molecule has 7 nitrogen and oxygen atoms in total. The number of tetrazole rings is 1. The van der Waals surface area contributed by atoms with Gasteiger partial charge in [0.2, 0.25) is 5.82 Å². The first kappa shape index (κ1) is 13.2. The fourth-order valence-electron chi connectivity index (χ4n) is 2.64. The van der Waals surface area contributed by atoms with Crippen LogP contribution < -0.4 is 5.73 Å². The molecule has 1 amide bonds. The van der Waals surface area contributed by atoms with Crippen molar-refractivity contribution >= 4 is 16.8 Å². The largest absolute Gasteiger partial charge is 0.366 e. The van der Waals surface area contributed by atoms with E-state index in [1.807, 2.05) is 53.1 Å². The zero-order chi connectivity index (χ0) is 15.8. The normalized spacial score (nSPS) is 11.0. The van der Waals surface area contributed by atoms with E-state index in [-0.39, 0.29) is 0 Å². The Kier molecular flexibility index (Phi) is 2.90. The Morgan fingerprint density at radius 2 is 1.87 bits per heavy atom. The number of H-pyrrole nitrogens is 1. The molecule has 23 heavy (non-hydrogen) atoms. The second-order valence-electron chi connectivity index (χ2n) is 5.08. The summed E-state index contributed by atoms with van der Waals surface area (Å²) in [5, 5.41) is 14.7. The van der Waals surface area contributed by atoms with Crippen molar-refractivity contribution in [2.75, 3.05) is 0 Å². The first-order chi connectivity index (χ1) is 11.2. The van der Waals surface area contributed by atoms with Gasteiger partial charge in [-0.05, 0) is 35.5 Å². The molecule has 4 aromatic rings. The maximum Gasteiger partial charge on any atom is 0.250 e. The van der Waals surface area contributed by atoms with Crippen LogP contribution in [0.25, 0.3) is 28.0 Å². The molecule has 0 radical (unpaired) electrons. The zero-order valence-corrected chi connectivity index (χ0v) is 12.0. The lowest BCUT2D eigenvalue weighted by molar-refractivity contribution is 0.100. The van der Waals surface area contributed by atoms with E-state index in [4.69, 9.17) is 5.73 Å². The number of benzene rings is 2. The van der Waals surface area contributed by atoms with Crippen molar-refractivity contribution in [3.05, 3.63) is 60.3 Å².